The van der Waals surface area contributed by atoms with Gasteiger partial charge in [-0.05, 0) is 80.1 Å². The van der Waals surface area contributed by atoms with E-state index in [9.17, 15) is 9.59 Å². The molecule has 1 aromatic carbocycles. The zero-order chi connectivity index (χ0) is 27.0. The number of carbonyl (C=O) groups is 2. The van der Waals surface area contributed by atoms with Crippen LogP contribution in [-0.2, 0) is 4.79 Å². The lowest BCUT2D eigenvalue weighted by Crippen LogP contribution is -2.54. The SMILES string of the molecule is O=C(NCC1(C2C=CC(Cl)=CC2)CC1)c1c(Cl)cccc1OCC1=CC(=O)N2N=C(C3=CCCCC3)NC2N1. The van der Waals surface area contributed by atoms with Crippen molar-refractivity contribution in [3.8, 4) is 5.75 Å². The molecule has 0 spiro atoms. The Morgan fingerprint density at radius 1 is 1.21 bits per heavy atom. The Morgan fingerprint density at radius 2 is 2.08 bits per heavy atom. The van der Waals surface area contributed by atoms with Gasteiger partial charge in [0, 0.05) is 17.7 Å². The van der Waals surface area contributed by atoms with E-state index in [2.05, 4.69) is 33.2 Å². The van der Waals surface area contributed by atoms with Gasteiger partial charge in [0.2, 0.25) is 6.29 Å². The molecule has 2 amide bonds. The highest BCUT2D eigenvalue weighted by molar-refractivity contribution is 6.34. The summed E-state index contributed by atoms with van der Waals surface area (Å²) in [4.78, 5) is 26.1. The third-order valence-corrected chi connectivity index (χ3v) is 8.68. The maximum absolute atomic E-state index is 13.3. The van der Waals surface area contributed by atoms with Gasteiger partial charge in [0.1, 0.15) is 12.4 Å². The molecule has 0 aromatic heterocycles. The summed E-state index contributed by atoms with van der Waals surface area (Å²) < 4.78 is 6.04. The lowest BCUT2D eigenvalue weighted by molar-refractivity contribution is -0.129. The van der Waals surface area contributed by atoms with Crippen LogP contribution in [0, 0.1) is 11.3 Å². The van der Waals surface area contributed by atoms with E-state index in [0.717, 1.165) is 55.0 Å². The second-order valence-electron chi connectivity index (χ2n) is 10.7. The molecule has 2 aliphatic heterocycles. The van der Waals surface area contributed by atoms with Crippen LogP contribution in [-0.4, -0.2) is 42.1 Å². The summed E-state index contributed by atoms with van der Waals surface area (Å²) in [5, 5.41) is 16.6. The summed E-state index contributed by atoms with van der Waals surface area (Å²) in [6, 6.07) is 5.13. The van der Waals surface area contributed by atoms with Crippen LogP contribution in [0.1, 0.15) is 55.3 Å². The van der Waals surface area contributed by atoms with Crippen molar-refractivity contribution >= 4 is 40.9 Å². The van der Waals surface area contributed by atoms with Crippen molar-refractivity contribution < 1.29 is 14.3 Å². The van der Waals surface area contributed by atoms with Gasteiger partial charge < -0.3 is 20.7 Å². The Balaban J connectivity index is 1.08. The summed E-state index contributed by atoms with van der Waals surface area (Å²) in [6.07, 6.45) is 16.6. The van der Waals surface area contributed by atoms with E-state index in [4.69, 9.17) is 27.9 Å². The van der Waals surface area contributed by atoms with Gasteiger partial charge in [-0.15, -0.1) is 5.10 Å². The number of rotatable bonds is 8. The van der Waals surface area contributed by atoms with E-state index >= 15 is 0 Å². The topological polar surface area (TPSA) is 95.1 Å². The Morgan fingerprint density at radius 3 is 2.82 bits per heavy atom. The zero-order valence-electron chi connectivity index (χ0n) is 21.5. The quantitative estimate of drug-likeness (QED) is 0.413. The maximum atomic E-state index is 13.3. The van der Waals surface area contributed by atoms with E-state index in [-0.39, 0.29) is 29.4 Å². The Bertz CT molecular complexity index is 1340. The van der Waals surface area contributed by atoms with Crippen molar-refractivity contribution in [3.05, 3.63) is 75.5 Å². The highest BCUT2D eigenvalue weighted by Gasteiger charge is 2.48. The molecule has 10 heteroatoms. The smallest absolute Gasteiger partial charge is 0.272 e. The van der Waals surface area contributed by atoms with E-state index in [1.54, 1.807) is 18.2 Å². The minimum absolute atomic E-state index is 0.0501. The van der Waals surface area contributed by atoms with Crippen molar-refractivity contribution in [1.82, 2.24) is 21.0 Å². The minimum Gasteiger partial charge on any atom is -0.487 e. The van der Waals surface area contributed by atoms with Crippen LogP contribution in [0.15, 0.2) is 70.0 Å². The molecule has 2 atom stereocenters. The number of allylic oxidation sites excluding steroid dienone is 5. The van der Waals surface area contributed by atoms with E-state index < -0.39 is 6.29 Å². The predicted octanol–water partition coefficient (Wildman–Crippen LogP) is 4.94. The Kier molecular flexibility index (Phi) is 7.16. The molecule has 3 N–H and O–H groups in total. The van der Waals surface area contributed by atoms with E-state index in [0.29, 0.717) is 28.9 Å². The highest BCUT2D eigenvalue weighted by atomic mass is 35.5. The molecule has 0 saturated heterocycles. The first-order valence-corrected chi connectivity index (χ1v) is 14.3. The molecule has 1 aromatic rings. The van der Waals surface area contributed by atoms with Crippen LogP contribution in [0.5, 0.6) is 5.75 Å². The molecule has 1 fully saturated rings. The van der Waals surface area contributed by atoms with E-state index in [1.807, 2.05) is 12.2 Å². The standard InChI is InChI=1S/C29H31Cl2N5O3/c30-20-11-9-19(10-12-20)29(13-14-29)17-32-27(38)25-22(31)7-4-8-23(25)39-16-21-15-24(37)36-28(33-21)34-26(35-36)18-5-2-1-3-6-18/h4-5,7-9,11-12,15,19,28,33H,1-3,6,10,13-14,16-17H2,(H,32,38)(H,34,35). The number of hydrazone groups is 1. The molecule has 204 valence electrons. The average molecular weight is 569 g/mol. The van der Waals surface area contributed by atoms with Crippen LogP contribution in [0.2, 0.25) is 5.02 Å². The normalized spacial score (nSPS) is 24.9. The number of hydrogen-bond acceptors (Lipinski definition) is 6. The number of halogens is 2. The molecule has 3 aliphatic carbocycles. The van der Waals surface area contributed by atoms with Crippen LogP contribution < -0.4 is 20.7 Å². The average Bonchev–Trinajstić information content (AvgIpc) is 3.61. The third-order valence-electron chi connectivity index (χ3n) is 8.09. The monoisotopic (exact) mass is 567 g/mol. The maximum Gasteiger partial charge on any atom is 0.272 e. The summed E-state index contributed by atoms with van der Waals surface area (Å²) in [5.74, 6) is 0.939. The van der Waals surface area contributed by atoms with E-state index in [1.165, 1.54) is 17.5 Å². The van der Waals surface area contributed by atoms with Gasteiger partial charge in [0.05, 0.1) is 16.3 Å². The van der Waals surface area contributed by atoms with Crippen molar-refractivity contribution in [2.75, 3.05) is 13.2 Å². The molecule has 5 aliphatic rings. The predicted molar refractivity (Wildman–Crippen MR) is 151 cm³/mol. The van der Waals surface area contributed by atoms with Crippen molar-refractivity contribution in [3.63, 3.8) is 0 Å². The summed E-state index contributed by atoms with van der Waals surface area (Å²) in [5.41, 5.74) is 2.07. The second kappa shape index (κ2) is 10.7. The Hall–Kier alpha value is -3.23. The number of amides is 2. The number of amidine groups is 1. The van der Waals surface area contributed by atoms with Gasteiger partial charge in [0.25, 0.3) is 11.8 Å². The van der Waals surface area contributed by atoms with Crippen molar-refractivity contribution in [2.24, 2.45) is 16.4 Å². The number of fused-ring (bicyclic) bond motifs is 1. The molecule has 6 rings (SSSR count). The number of ether oxygens (including phenoxy) is 1. The first-order chi connectivity index (χ1) is 18.9. The molecule has 0 radical (unpaired) electrons. The number of nitrogens with zero attached hydrogens (tertiary/aromatic N) is 2. The molecule has 8 nitrogen and oxygen atoms in total. The number of nitrogens with one attached hydrogen (secondary N) is 3. The highest BCUT2D eigenvalue weighted by Crippen LogP contribution is 2.54. The number of benzene rings is 1. The van der Waals surface area contributed by atoms with Gasteiger partial charge in [0.15, 0.2) is 5.84 Å². The molecule has 39 heavy (non-hydrogen) atoms. The minimum atomic E-state index is -0.477. The van der Waals surface area contributed by atoms with Gasteiger partial charge in [-0.2, -0.15) is 5.01 Å². The lowest BCUT2D eigenvalue weighted by atomic mass is 9.84. The zero-order valence-corrected chi connectivity index (χ0v) is 23.0. The molecule has 0 bridgehead atoms. The molecule has 2 unspecified atom stereocenters. The van der Waals surface area contributed by atoms with Crippen molar-refractivity contribution in [1.29, 1.82) is 0 Å². The first kappa shape index (κ1) is 26.0. The van der Waals surface area contributed by atoms with Crippen molar-refractivity contribution in [2.45, 2.75) is 51.2 Å². The Labute approximate surface area is 237 Å². The summed E-state index contributed by atoms with van der Waals surface area (Å²) in [6.45, 7) is 0.625. The van der Waals surface area contributed by atoms with Gasteiger partial charge in [-0.25, -0.2) is 0 Å². The van der Waals surface area contributed by atoms with Gasteiger partial charge in [-0.3, -0.25) is 9.59 Å². The first-order valence-electron chi connectivity index (χ1n) is 13.5. The number of hydrogen-bond donors (Lipinski definition) is 3. The fraction of sp³-hybridized carbons (Fsp3) is 0.414. The largest absolute Gasteiger partial charge is 0.487 e. The lowest BCUT2D eigenvalue weighted by Gasteiger charge is -2.28. The van der Waals surface area contributed by atoms with Crippen LogP contribution >= 0.6 is 23.2 Å². The fourth-order valence-electron chi connectivity index (χ4n) is 5.62. The molecular weight excluding hydrogens is 537 g/mol. The summed E-state index contributed by atoms with van der Waals surface area (Å²) in [7, 11) is 0. The van der Waals surface area contributed by atoms with Crippen LogP contribution in [0.25, 0.3) is 0 Å². The van der Waals surface area contributed by atoms with Crippen LogP contribution in [0.4, 0.5) is 0 Å². The second-order valence-corrected chi connectivity index (χ2v) is 11.5. The van der Waals surface area contributed by atoms with Crippen LogP contribution in [0.3, 0.4) is 0 Å². The fourth-order valence-corrected chi connectivity index (χ4v) is 6.03. The molecular formula is C29H31Cl2N5O3. The summed E-state index contributed by atoms with van der Waals surface area (Å²) >= 11 is 12.6. The molecule has 2 heterocycles. The van der Waals surface area contributed by atoms with Gasteiger partial charge in [-0.1, -0.05) is 47.5 Å². The number of carbonyl (C=O) groups excluding carboxylic acids is 2. The third kappa shape index (κ3) is 5.45. The molecule has 1 saturated carbocycles. The van der Waals surface area contributed by atoms with Gasteiger partial charge >= 0.3 is 0 Å².